The molecule has 5 heteroatoms. The molecule has 2 fully saturated rings. The van der Waals surface area contributed by atoms with Crippen LogP contribution in [0.1, 0.15) is 36.6 Å². The fourth-order valence-electron chi connectivity index (χ4n) is 3.96. The van der Waals surface area contributed by atoms with Gasteiger partial charge in [-0.3, -0.25) is 4.40 Å². The summed E-state index contributed by atoms with van der Waals surface area (Å²) in [5.41, 5.74) is 6.66. The van der Waals surface area contributed by atoms with E-state index in [2.05, 4.69) is 41.2 Å². The Labute approximate surface area is 146 Å². The summed E-state index contributed by atoms with van der Waals surface area (Å²) >= 11 is 0. The first kappa shape index (κ1) is 14.8. The van der Waals surface area contributed by atoms with E-state index in [4.69, 9.17) is 0 Å². The van der Waals surface area contributed by atoms with Crippen LogP contribution in [0.4, 0.5) is 5.69 Å². The monoisotopic (exact) mass is 334 g/mol. The minimum atomic E-state index is -0.00857. The lowest BCUT2D eigenvalue weighted by Gasteiger charge is -2.33. The molecule has 5 rings (SSSR count). The molecule has 1 saturated heterocycles. The maximum Gasteiger partial charge on any atom is 0.349 e. The van der Waals surface area contributed by atoms with Crippen LogP contribution in [-0.2, 0) is 0 Å². The van der Waals surface area contributed by atoms with Gasteiger partial charge in [0.15, 0.2) is 0 Å². The van der Waals surface area contributed by atoms with Crippen molar-refractivity contribution in [3.8, 4) is 11.1 Å². The largest absolute Gasteiger partial charge is 0.371 e. The number of nitrogens with zero attached hydrogens (tertiary/aromatic N) is 4. The van der Waals surface area contributed by atoms with E-state index in [1.54, 1.807) is 4.68 Å². The van der Waals surface area contributed by atoms with Gasteiger partial charge in [0.05, 0.1) is 17.8 Å². The van der Waals surface area contributed by atoms with Crippen molar-refractivity contribution in [1.82, 2.24) is 14.2 Å². The van der Waals surface area contributed by atoms with Crippen LogP contribution in [0.5, 0.6) is 0 Å². The molecule has 1 aliphatic carbocycles. The second-order valence-corrected chi connectivity index (χ2v) is 7.30. The van der Waals surface area contributed by atoms with Crippen molar-refractivity contribution in [2.24, 2.45) is 0 Å². The molecule has 0 N–H and O–H groups in total. The van der Waals surface area contributed by atoms with E-state index in [1.807, 2.05) is 17.5 Å². The SMILES string of the molecule is Cc1c(-c2cccc(N3CCC3)c2)c(C)n2c(=O)n(C3CC3)ncc12. The molecule has 0 bridgehead atoms. The van der Waals surface area contributed by atoms with E-state index in [-0.39, 0.29) is 11.7 Å². The third-order valence-corrected chi connectivity index (χ3v) is 5.64. The molecule has 128 valence electrons. The minimum absolute atomic E-state index is 0.00857. The quantitative estimate of drug-likeness (QED) is 0.738. The standard InChI is InChI=1S/C20H22N4O/c1-13-18-12-21-24(16-7-8-16)20(25)23(18)14(2)19(13)15-5-3-6-17(11-15)22-9-4-10-22/h3,5-6,11-12,16H,4,7-10H2,1-2H3. The molecular weight excluding hydrogens is 312 g/mol. The molecular formula is C20H22N4O. The van der Waals surface area contributed by atoms with Crippen LogP contribution in [-0.4, -0.2) is 27.3 Å². The van der Waals surface area contributed by atoms with Gasteiger partial charge in [0.2, 0.25) is 0 Å². The van der Waals surface area contributed by atoms with Gasteiger partial charge in [-0.1, -0.05) is 12.1 Å². The van der Waals surface area contributed by atoms with Crippen molar-refractivity contribution in [3.63, 3.8) is 0 Å². The van der Waals surface area contributed by atoms with Crippen LogP contribution in [0.15, 0.2) is 35.3 Å². The van der Waals surface area contributed by atoms with Crippen LogP contribution in [0, 0.1) is 13.8 Å². The lowest BCUT2D eigenvalue weighted by molar-refractivity contribution is 0.570. The van der Waals surface area contributed by atoms with Gasteiger partial charge >= 0.3 is 5.69 Å². The predicted molar refractivity (Wildman–Crippen MR) is 99.5 cm³/mol. The molecule has 1 saturated carbocycles. The van der Waals surface area contributed by atoms with Crippen molar-refractivity contribution < 1.29 is 0 Å². The molecule has 0 amide bonds. The van der Waals surface area contributed by atoms with Gasteiger partial charge in [0, 0.05) is 30.0 Å². The molecule has 3 aromatic rings. The van der Waals surface area contributed by atoms with E-state index < -0.39 is 0 Å². The third-order valence-electron chi connectivity index (χ3n) is 5.64. The van der Waals surface area contributed by atoms with Gasteiger partial charge < -0.3 is 4.90 Å². The predicted octanol–water partition coefficient (Wildman–Crippen LogP) is 3.32. The number of benzene rings is 1. The Kier molecular flexibility index (Phi) is 3.08. The normalized spacial score (nSPS) is 17.1. The van der Waals surface area contributed by atoms with Crippen LogP contribution >= 0.6 is 0 Å². The first-order valence-corrected chi connectivity index (χ1v) is 9.10. The summed E-state index contributed by atoms with van der Waals surface area (Å²) < 4.78 is 3.49. The highest BCUT2D eigenvalue weighted by Crippen LogP contribution is 2.35. The van der Waals surface area contributed by atoms with Crippen molar-refractivity contribution in [2.75, 3.05) is 18.0 Å². The number of aromatic nitrogens is 3. The first-order chi connectivity index (χ1) is 12.1. The summed E-state index contributed by atoms with van der Waals surface area (Å²) in [6.07, 6.45) is 5.24. The second-order valence-electron chi connectivity index (χ2n) is 7.30. The Balaban J connectivity index is 1.71. The van der Waals surface area contributed by atoms with Crippen LogP contribution in [0.2, 0.25) is 0 Å². The summed E-state index contributed by atoms with van der Waals surface area (Å²) in [6, 6.07) is 8.97. The molecule has 2 aliphatic rings. The van der Waals surface area contributed by atoms with E-state index in [0.29, 0.717) is 0 Å². The zero-order valence-corrected chi connectivity index (χ0v) is 14.7. The van der Waals surface area contributed by atoms with Gasteiger partial charge in [-0.25, -0.2) is 9.48 Å². The summed E-state index contributed by atoms with van der Waals surface area (Å²) in [5, 5.41) is 4.42. The molecule has 2 aromatic heterocycles. The van der Waals surface area contributed by atoms with E-state index in [1.165, 1.54) is 17.7 Å². The topological polar surface area (TPSA) is 42.5 Å². The highest BCUT2D eigenvalue weighted by molar-refractivity contribution is 5.80. The summed E-state index contributed by atoms with van der Waals surface area (Å²) in [4.78, 5) is 15.3. The third kappa shape index (κ3) is 2.15. The van der Waals surface area contributed by atoms with E-state index in [0.717, 1.165) is 48.3 Å². The number of rotatable bonds is 3. The fourth-order valence-corrected chi connectivity index (χ4v) is 3.96. The van der Waals surface area contributed by atoms with Crippen molar-refractivity contribution in [3.05, 3.63) is 52.2 Å². The molecule has 0 spiro atoms. The Morgan fingerprint density at radius 2 is 1.96 bits per heavy atom. The highest BCUT2D eigenvalue weighted by atomic mass is 16.2. The molecule has 1 aromatic carbocycles. The van der Waals surface area contributed by atoms with Gasteiger partial charge in [-0.2, -0.15) is 5.10 Å². The lowest BCUT2D eigenvalue weighted by atomic mass is 10.0. The molecule has 0 radical (unpaired) electrons. The van der Waals surface area contributed by atoms with Crippen LogP contribution in [0.3, 0.4) is 0 Å². The summed E-state index contributed by atoms with van der Waals surface area (Å²) in [6.45, 7) is 6.41. The zero-order chi connectivity index (χ0) is 17.1. The molecule has 0 atom stereocenters. The number of aryl methyl sites for hydroxylation is 2. The maximum atomic E-state index is 12.9. The van der Waals surface area contributed by atoms with E-state index in [9.17, 15) is 4.79 Å². The maximum absolute atomic E-state index is 12.9. The van der Waals surface area contributed by atoms with Gasteiger partial charge in [-0.15, -0.1) is 0 Å². The fraction of sp³-hybridized carbons (Fsp3) is 0.400. The van der Waals surface area contributed by atoms with Crippen molar-refractivity contribution >= 4 is 11.2 Å². The molecule has 0 unspecified atom stereocenters. The minimum Gasteiger partial charge on any atom is -0.371 e. The average molecular weight is 334 g/mol. The lowest BCUT2D eigenvalue weighted by Crippen LogP contribution is -2.36. The van der Waals surface area contributed by atoms with Crippen molar-refractivity contribution in [2.45, 2.75) is 39.2 Å². The second kappa shape index (κ2) is 5.22. The van der Waals surface area contributed by atoms with Crippen molar-refractivity contribution in [1.29, 1.82) is 0 Å². The molecule has 25 heavy (non-hydrogen) atoms. The molecule has 3 heterocycles. The Morgan fingerprint density at radius 3 is 2.64 bits per heavy atom. The van der Waals surface area contributed by atoms with Crippen LogP contribution in [0.25, 0.3) is 16.6 Å². The zero-order valence-electron chi connectivity index (χ0n) is 14.7. The highest BCUT2D eigenvalue weighted by Gasteiger charge is 2.28. The Hall–Kier alpha value is -2.56. The van der Waals surface area contributed by atoms with Gasteiger partial charge in [-0.05, 0) is 56.4 Å². The van der Waals surface area contributed by atoms with E-state index >= 15 is 0 Å². The number of fused-ring (bicyclic) bond motifs is 1. The summed E-state index contributed by atoms with van der Waals surface area (Å²) in [7, 11) is 0. The number of anilines is 1. The van der Waals surface area contributed by atoms with Crippen LogP contribution < -0.4 is 10.6 Å². The van der Waals surface area contributed by atoms with Gasteiger partial charge in [0.25, 0.3) is 0 Å². The number of hydrogen-bond acceptors (Lipinski definition) is 3. The summed E-state index contributed by atoms with van der Waals surface area (Å²) in [5.74, 6) is 0. The average Bonchev–Trinajstić information content (AvgIpc) is 3.34. The Morgan fingerprint density at radius 1 is 1.16 bits per heavy atom. The first-order valence-electron chi connectivity index (χ1n) is 9.10. The van der Waals surface area contributed by atoms with Gasteiger partial charge in [0.1, 0.15) is 0 Å². The number of hydrogen-bond donors (Lipinski definition) is 0. The molecule has 5 nitrogen and oxygen atoms in total. The Bertz CT molecular complexity index is 1040. The molecule has 1 aliphatic heterocycles. The smallest absolute Gasteiger partial charge is 0.349 e.